The summed E-state index contributed by atoms with van der Waals surface area (Å²) in [5.41, 5.74) is 4.07. The summed E-state index contributed by atoms with van der Waals surface area (Å²) in [5, 5.41) is 0. The van der Waals surface area contributed by atoms with Gasteiger partial charge in [0.2, 0.25) is 0 Å². The van der Waals surface area contributed by atoms with E-state index in [1.807, 2.05) is 18.2 Å². The topological polar surface area (TPSA) is 56.5 Å². The molecule has 0 radical (unpaired) electrons. The van der Waals surface area contributed by atoms with Crippen LogP contribution in [0.2, 0.25) is 0 Å². The van der Waals surface area contributed by atoms with Crippen molar-refractivity contribution in [3.8, 4) is 11.5 Å². The quantitative estimate of drug-likeness (QED) is 0.634. The van der Waals surface area contributed by atoms with Gasteiger partial charge in [-0.25, -0.2) is 0 Å². The van der Waals surface area contributed by atoms with Gasteiger partial charge in [-0.3, -0.25) is 11.3 Å². The Kier molecular flexibility index (Phi) is 4.66. The summed E-state index contributed by atoms with van der Waals surface area (Å²) in [6.07, 6.45) is 3.75. The van der Waals surface area contributed by atoms with Crippen LogP contribution in [-0.4, -0.2) is 14.2 Å². The van der Waals surface area contributed by atoms with E-state index in [1.165, 1.54) is 19.3 Å². The van der Waals surface area contributed by atoms with E-state index in [2.05, 4.69) is 12.3 Å². The van der Waals surface area contributed by atoms with E-state index >= 15 is 0 Å². The average Bonchev–Trinajstić information content (AvgIpc) is 2.86. The highest BCUT2D eigenvalue weighted by atomic mass is 16.5. The summed E-state index contributed by atoms with van der Waals surface area (Å²) < 4.78 is 10.8. The average molecular weight is 264 g/mol. The van der Waals surface area contributed by atoms with Crippen molar-refractivity contribution < 1.29 is 9.47 Å². The molecule has 0 bridgehead atoms. The third-order valence-electron chi connectivity index (χ3n) is 4.31. The van der Waals surface area contributed by atoms with Crippen LogP contribution in [0.3, 0.4) is 0 Å². The second kappa shape index (κ2) is 6.26. The summed E-state index contributed by atoms with van der Waals surface area (Å²) in [6.45, 7) is 2.30. The normalized spacial score (nSPS) is 24.2. The lowest BCUT2D eigenvalue weighted by Crippen LogP contribution is -2.34. The SMILES string of the molecule is COc1ccc(OC)c(C(NN)C2CCCC2C)c1. The second-order valence-corrected chi connectivity index (χ2v) is 5.32. The molecule has 4 nitrogen and oxygen atoms in total. The minimum atomic E-state index is 0.113. The van der Waals surface area contributed by atoms with Crippen LogP contribution in [0.25, 0.3) is 0 Å². The molecule has 1 saturated carbocycles. The first-order valence-electron chi connectivity index (χ1n) is 6.89. The van der Waals surface area contributed by atoms with Crippen LogP contribution in [0.4, 0.5) is 0 Å². The lowest BCUT2D eigenvalue weighted by atomic mass is 9.86. The van der Waals surface area contributed by atoms with E-state index in [4.69, 9.17) is 15.3 Å². The zero-order valence-corrected chi connectivity index (χ0v) is 12.0. The van der Waals surface area contributed by atoms with Gasteiger partial charge >= 0.3 is 0 Å². The molecule has 1 aromatic carbocycles. The first-order chi connectivity index (χ1) is 9.21. The highest BCUT2D eigenvalue weighted by Crippen LogP contribution is 2.42. The molecule has 3 N–H and O–H groups in total. The van der Waals surface area contributed by atoms with Crippen molar-refractivity contribution in [2.24, 2.45) is 17.7 Å². The van der Waals surface area contributed by atoms with Crippen molar-refractivity contribution in [1.29, 1.82) is 0 Å². The van der Waals surface area contributed by atoms with Crippen LogP contribution in [0, 0.1) is 11.8 Å². The van der Waals surface area contributed by atoms with Crippen LogP contribution in [0.15, 0.2) is 18.2 Å². The highest BCUT2D eigenvalue weighted by molar-refractivity contribution is 5.42. The van der Waals surface area contributed by atoms with Gasteiger partial charge in [-0.1, -0.05) is 19.8 Å². The Morgan fingerprint density at radius 1 is 1.26 bits per heavy atom. The zero-order valence-electron chi connectivity index (χ0n) is 12.0. The predicted molar refractivity (Wildman–Crippen MR) is 76.1 cm³/mol. The third-order valence-corrected chi connectivity index (χ3v) is 4.31. The third kappa shape index (κ3) is 2.85. The highest BCUT2D eigenvalue weighted by Gasteiger charge is 2.33. The van der Waals surface area contributed by atoms with E-state index in [0.29, 0.717) is 11.8 Å². The molecule has 19 heavy (non-hydrogen) atoms. The number of rotatable bonds is 5. The Morgan fingerprint density at radius 3 is 2.58 bits per heavy atom. The van der Waals surface area contributed by atoms with Gasteiger partial charge in [0.1, 0.15) is 11.5 Å². The summed E-state index contributed by atoms with van der Waals surface area (Å²) in [7, 11) is 3.37. The molecule has 3 atom stereocenters. The molecule has 0 spiro atoms. The molecule has 1 aliphatic rings. The van der Waals surface area contributed by atoms with Crippen LogP contribution < -0.4 is 20.7 Å². The summed E-state index contributed by atoms with van der Waals surface area (Å²) in [4.78, 5) is 0. The van der Waals surface area contributed by atoms with Crippen molar-refractivity contribution >= 4 is 0 Å². The molecule has 106 valence electrons. The van der Waals surface area contributed by atoms with Crippen molar-refractivity contribution in [2.75, 3.05) is 14.2 Å². The minimum Gasteiger partial charge on any atom is -0.497 e. The minimum absolute atomic E-state index is 0.113. The van der Waals surface area contributed by atoms with Gasteiger partial charge in [-0.2, -0.15) is 0 Å². The summed E-state index contributed by atoms with van der Waals surface area (Å²) in [5.74, 6) is 8.74. The standard InChI is InChI=1S/C15H24N2O2/c1-10-5-4-6-12(10)15(17-16)13-9-11(18-2)7-8-14(13)19-3/h7-10,12,15,17H,4-6,16H2,1-3H3. The fraction of sp³-hybridized carbons (Fsp3) is 0.600. The van der Waals surface area contributed by atoms with Crippen molar-refractivity contribution in [1.82, 2.24) is 5.43 Å². The Morgan fingerprint density at radius 2 is 2.05 bits per heavy atom. The number of nitrogens with one attached hydrogen (secondary N) is 1. The van der Waals surface area contributed by atoms with Gasteiger partial charge in [-0.15, -0.1) is 0 Å². The van der Waals surface area contributed by atoms with Crippen LogP contribution >= 0.6 is 0 Å². The van der Waals surface area contributed by atoms with Gasteiger partial charge in [-0.05, 0) is 36.5 Å². The molecule has 0 saturated heterocycles. The number of nitrogens with two attached hydrogens (primary N) is 1. The van der Waals surface area contributed by atoms with Crippen molar-refractivity contribution in [3.05, 3.63) is 23.8 Å². The molecule has 1 aliphatic carbocycles. The first kappa shape index (κ1) is 14.2. The maximum Gasteiger partial charge on any atom is 0.123 e. The van der Waals surface area contributed by atoms with E-state index in [1.54, 1.807) is 14.2 Å². The molecular weight excluding hydrogens is 240 g/mol. The second-order valence-electron chi connectivity index (χ2n) is 5.32. The van der Waals surface area contributed by atoms with Crippen molar-refractivity contribution in [2.45, 2.75) is 32.2 Å². The molecule has 0 heterocycles. The van der Waals surface area contributed by atoms with Gasteiger partial charge in [0.15, 0.2) is 0 Å². The fourth-order valence-corrected chi connectivity index (χ4v) is 3.20. The molecule has 4 heteroatoms. The Balaban J connectivity index is 2.35. The fourth-order valence-electron chi connectivity index (χ4n) is 3.20. The van der Waals surface area contributed by atoms with Gasteiger partial charge in [0, 0.05) is 5.56 Å². The van der Waals surface area contributed by atoms with Crippen LogP contribution in [0.5, 0.6) is 11.5 Å². The summed E-state index contributed by atoms with van der Waals surface area (Å²) in [6, 6.07) is 5.99. The molecule has 0 aliphatic heterocycles. The number of hydrogen-bond donors (Lipinski definition) is 2. The maximum absolute atomic E-state index is 5.82. The lowest BCUT2D eigenvalue weighted by molar-refractivity contribution is 0.293. The first-order valence-corrected chi connectivity index (χ1v) is 6.89. The predicted octanol–water partition coefficient (Wildman–Crippen LogP) is 2.64. The van der Waals surface area contributed by atoms with Gasteiger partial charge in [0.05, 0.1) is 20.3 Å². The largest absolute Gasteiger partial charge is 0.497 e. The maximum atomic E-state index is 5.82. The molecule has 1 aromatic rings. The molecular formula is C15H24N2O2. The Bertz CT molecular complexity index is 423. The van der Waals surface area contributed by atoms with Crippen LogP contribution in [-0.2, 0) is 0 Å². The van der Waals surface area contributed by atoms with E-state index in [9.17, 15) is 0 Å². The molecule has 2 rings (SSSR count). The summed E-state index contributed by atoms with van der Waals surface area (Å²) >= 11 is 0. The number of ether oxygens (including phenoxy) is 2. The molecule has 1 fully saturated rings. The number of hydrogen-bond acceptors (Lipinski definition) is 4. The smallest absolute Gasteiger partial charge is 0.123 e. The lowest BCUT2D eigenvalue weighted by Gasteiger charge is -2.28. The van der Waals surface area contributed by atoms with Gasteiger partial charge in [0.25, 0.3) is 0 Å². The van der Waals surface area contributed by atoms with E-state index in [-0.39, 0.29) is 6.04 Å². The number of methoxy groups -OCH3 is 2. The monoisotopic (exact) mass is 264 g/mol. The Labute approximate surface area is 115 Å². The van der Waals surface area contributed by atoms with Crippen LogP contribution in [0.1, 0.15) is 37.8 Å². The number of benzene rings is 1. The van der Waals surface area contributed by atoms with E-state index < -0.39 is 0 Å². The van der Waals surface area contributed by atoms with Crippen molar-refractivity contribution in [3.63, 3.8) is 0 Å². The zero-order chi connectivity index (χ0) is 13.8. The van der Waals surface area contributed by atoms with E-state index in [0.717, 1.165) is 17.1 Å². The number of hydrazine groups is 1. The van der Waals surface area contributed by atoms with Gasteiger partial charge < -0.3 is 9.47 Å². The molecule has 0 amide bonds. The molecule has 3 unspecified atom stereocenters. The Hall–Kier alpha value is -1.26. The molecule has 0 aromatic heterocycles.